The fraction of sp³-hybridized carbons (Fsp3) is 0.435. The summed E-state index contributed by atoms with van der Waals surface area (Å²) in [5.41, 5.74) is 0.935. The van der Waals surface area contributed by atoms with Gasteiger partial charge in [-0.25, -0.2) is 9.37 Å². The molecule has 2 amide bonds. The topological polar surface area (TPSA) is 71.5 Å². The number of amides is 2. The number of halogens is 2. The van der Waals surface area contributed by atoms with E-state index in [2.05, 4.69) is 10.3 Å². The predicted octanol–water partition coefficient (Wildman–Crippen LogP) is 4.09. The summed E-state index contributed by atoms with van der Waals surface area (Å²) in [5.74, 6) is -0.408. The summed E-state index contributed by atoms with van der Waals surface area (Å²) in [5, 5.41) is 3.01. The quantitative estimate of drug-likeness (QED) is 0.769. The molecule has 0 bridgehead atoms. The number of ether oxygens (including phenoxy) is 1. The van der Waals surface area contributed by atoms with Crippen molar-refractivity contribution in [3.63, 3.8) is 0 Å². The number of rotatable bonds is 4. The fourth-order valence-electron chi connectivity index (χ4n) is 4.61. The molecule has 2 aliphatic rings. The van der Waals surface area contributed by atoms with Crippen LogP contribution in [0.4, 0.5) is 4.39 Å². The van der Waals surface area contributed by atoms with Gasteiger partial charge in [0.25, 0.3) is 11.8 Å². The summed E-state index contributed by atoms with van der Waals surface area (Å²) in [6.07, 6.45) is 6.08. The zero-order valence-corrected chi connectivity index (χ0v) is 18.1. The second-order valence-corrected chi connectivity index (χ2v) is 8.85. The van der Waals surface area contributed by atoms with Crippen LogP contribution < -0.4 is 10.1 Å². The molecular formula is C23H25ClFN3O3. The lowest BCUT2D eigenvalue weighted by atomic mass is 9.72. The number of carbonyl (C=O) groups is 2. The number of carbonyl (C=O) groups excluding carboxylic acids is 2. The first-order valence-electron chi connectivity index (χ1n) is 10.4. The molecule has 1 spiro atoms. The average Bonchev–Trinajstić information content (AvgIpc) is 3.20. The summed E-state index contributed by atoms with van der Waals surface area (Å²) in [6.45, 7) is 1.45. The largest absolute Gasteiger partial charge is 0.481 e. The van der Waals surface area contributed by atoms with Crippen molar-refractivity contribution >= 4 is 23.4 Å². The number of pyridine rings is 1. The maximum absolute atomic E-state index is 13.6. The molecule has 1 saturated carbocycles. The number of likely N-dealkylation sites (tertiary alicyclic amines) is 1. The van der Waals surface area contributed by atoms with E-state index in [1.807, 2.05) is 4.90 Å². The molecule has 4 rings (SSSR count). The predicted molar refractivity (Wildman–Crippen MR) is 115 cm³/mol. The minimum atomic E-state index is -0.598. The molecule has 1 aromatic carbocycles. The minimum Gasteiger partial charge on any atom is -0.481 e. The van der Waals surface area contributed by atoms with Crippen LogP contribution in [0.1, 0.15) is 52.8 Å². The molecule has 2 fully saturated rings. The van der Waals surface area contributed by atoms with Crippen molar-refractivity contribution in [1.29, 1.82) is 0 Å². The Morgan fingerprint density at radius 1 is 1.19 bits per heavy atom. The number of nitrogens with one attached hydrogen (secondary N) is 1. The van der Waals surface area contributed by atoms with Crippen LogP contribution in [-0.2, 0) is 0 Å². The van der Waals surface area contributed by atoms with E-state index in [4.69, 9.17) is 16.3 Å². The monoisotopic (exact) mass is 445 g/mol. The molecule has 31 heavy (non-hydrogen) atoms. The van der Waals surface area contributed by atoms with Gasteiger partial charge in [0.15, 0.2) is 0 Å². The van der Waals surface area contributed by atoms with Gasteiger partial charge in [-0.1, -0.05) is 11.6 Å². The molecule has 1 aliphatic heterocycles. The number of aromatic nitrogens is 1. The molecule has 164 valence electrons. The number of methoxy groups -OCH3 is 1. The molecule has 2 heterocycles. The summed E-state index contributed by atoms with van der Waals surface area (Å²) >= 11 is 5.69. The van der Waals surface area contributed by atoms with Gasteiger partial charge >= 0.3 is 0 Å². The van der Waals surface area contributed by atoms with Crippen LogP contribution in [0.3, 0.4) is 0 Å². The standard InChI is InChI=1S/C23H25ClFN3O3/c1-31-20-5-3-16(13-26-20)22(30)28-11-10-23(14-28)8-6-17(7-9-23)27-21(29)15-2-4-18(24)19(25)12-15/h2-5,12-13,17H,6-11,14H2,1H3,(H,27,29). The second kappa shape index (κ2) is 8.83. The van der Waals surface area contributed by atoms with E-state index in [0.29, 0.717) is 11.4 Å². The van der Waals surface area contributed by atoms with Gasteiger partial charge in [0.05, 0.1) is 17.7 Å². The molecule has 2 aromatic rings. The van der Waals surface area contributed by atoms with Gasteiger partial charge in [-0.3, -0.25) is 9.59 Å². The van der Waals surface area contributed by atoms with Gasteiger partial charge in [-0.05, 0) is 61.8 Å². The van der Waals surface area contributed by atoms with Gasteiger partial charge in [0.1, 0.15) is 5.82 Å². The Hall–Kier alpha value is -2.67. The SMILES string of the molecule is COc1ccc(C(=O)N2CCC3(CCC(NC(=O)c4ccc(Cl)c(F)c4)CC3)C2)cn1. The Bertz CT molecular complexity index is 975. The van der Waals surface area contributed by atoms with E-state index in [9.17, 15) is 14.0 Å². The minimum absolute atomic E-state index is 0.00177. The number of benzene rings is 1. The fourth-order valence-corrected chi connectivity index (χ4v) is 4.72. The second-order valence-electron chi connectivity index (χ2n) is 8.44. The van der Waals surface area contributed by atoms with Crippen molar-refractivity contribution in [2.75, 3.05) is 20.2 Å². The zero-order chi connectivity index (χ0) is 22.0. The lowest BCUT2D eigenvalue weighted by molar-refractivity contribution is 0.0750. The Morgan fingerprint density at radius 2 is 1.94 bits per heavy atom. The van der Waals surface area contributed by atoms with Gasteiger partial charge in [-0.15, -0.1) is 0 Å². The number of nitrogens with zero attached hydrogens (tertiary/aromatic N) is 2. The van der Waals surface area contributed by atoms with E-state index in [1.54, 1.807) is 25.4 Å². The zero-order valence-electron chi connectivity index (χ0n) is 17.4. The van der Waals surface area contributed by atoms with E-state index in [0.717, 1.165) is 51.3 Å². The first-order chi connectivity index (χ1) is 14.9. The molecule has 0 atom stereocenters. The Labute approximate surface area is 185 Å². The molecule has 1 N–H and O–H groups in total. The highest BCUT2D eigenvalue weighted by molar-refractivity contribution is 6.30. The summed E-state index contributed by atoms with van der Waals surface area (Å²) in [4.78, 5) is 31.3. The van der Waals surface area contributed by atoms with Crippen LogP contribution in [0.25, 0.3) is 0 Å². The maximum Gasteiger partial charge on any atom is 0.255 e. The Kier molecular flexibility index (Phi) is 6.14. The molecule has 0 radical (unpaired) electrons. The van der Waals surface area contributed by atoms with Crippen molar-refractivity contribution in [3.8, 4) is 5.88 Å². The van der Waals surface area contributed by atoms with Crippen LogP contribution >= 0.6 is 11.6 Å². The highest BCUT2D eigenvalue weighted by atomic mass is 35.5. The highest BCUT2D eigenvalue weighted by Crippen LogP contribution is 2.44. The van der Waals surface area contributed by atoms with Crippen molar-refractivity contribution in [2.24, 2.45) is 5.41 Å². The van der Waals surface area contributed by atoms with Crippen LogP contribution in [0.5, 0.6) is 5.88 Å². The van der Waals surface area contributed by atoms with Crippen molar-refractivity contribution in [2.45, 2.75) is 38.1 Å². The van der Waals surface area contributed by atoms with E-state index in [1.165, 1.54) is 12.1 Å². The molecule has 1 aliphatic carbocycles. The first kappa shape index (κ1) is 21.6. The third-order valence-electron chi connectivity index (χ3n) is 6.48. The van der Waals surface area contributed by atoms with Gasteiger partial charge in [0, 0.05) is 37.0 Å². The van der Waals surface area contributed by atoms with Crippen molar-refractivity contribution < 1.29 is 18.7 Å². The Morgan fingerprint density at radius 3 is 2.58 bits per heavy atom. The first-order valence-corrected chi connectivity index (χ1v) is 10.8. The summed E-state index contributed by atoms with van der Waals surface area (Å²) in [7, 11) is 1.54. The lowest BCUT2D eigenvalue weighted by Crippen LogP contribution is -2.42. The van der Waals surface area contributed by atoms with Gasteiger partial charge in [0.2, 0.25) is 5.88 Å². The maximum atomic E-state index is 13.6. The smallest absolute Gasteiger partial charge is 0.255 e. The van der Waals surface area contributed by atoms with Crippen LogP contribution in [0.15, 0.2) is 36.5 Å². The van der Waals surface area contributed by atoms with E-state index >= 15 is 0 Å². The third-order valence-corrected chi connectivity index (χ3v) is 6.79. The van der Waals surface area contributed by atoms with Gasteiger partial charge < -0.3 is 15.0 Å². The number of hydrogen-bond acceptors (Lipinski definition) is 4. The summed E-state index contributed by atoms with van der Waals surface area (Å²) < 4.78 is 18.7. The molecule has 6 nitrogen and oxygen atoms in total. The van der Waals surface area contributed by atoms with Crippen LogP contribution in [0, 0.1) is 11.2 Å². The third kappa shape index (κ3) is 4.66. The van der Waals surface area contributed by atoms with Crippen LogP contribution in [0.2, 0.25) is 5.02 Å². The molecular weight excluding hydrogens is 421 g/mol. The molecule has 1 saturated heterocycles. The van der Waals surface area contributed by atoms with E-state index < -0.39 is 5.82 Å². The van der Waals surface area contributed by atoms with E-state index in [-0.39, 0.29) is 33.9 Å². The summed E-state index contributed by atoms with van der Waals surface area (Å²) in [6, 6.07) is 7.57. The Balaban J connectivity index is 1.31. The highest BCUT2D eigenvalue weighted by Gasteiger charge is 2.42. The molecule has 1 aromatic heterocycles. The average molecular weight is 446 g/mol. The lowest BCUT2D eigenvalue weighted by Gasteiger charge is -2.37. The van der Waals surface area contributed by atoms with Crippen molar-refractivity contribution in [3.05, 3.63) is 58.5 Å². The molecule has 8 heteroatoms. The normalized spacial score (nSPS) is 23.1. The van der Waals surface area contributed by atoms with Crippen LogP contribution in [-0.4, -0.2) is 47.9 Å². The molecule has 0 unspecified atom stereocenters. The number of hydrogen-bond donors (Lipinski definition) is 1. The van der Waals surface area contributed by atoms with Gasteiger partial charge in [-0.2, -0.15) is 0 Å². The van der Waals surface area contributed by atoms with Crippen molar-refractivity contribution in [1.82, 2.24) is 15.2 Å².